The summed E-state index contributed by atoms with van der Waals surface area (Å²) < 4.78 is 0. The number of amides is 1. The maximum absolute atomic E-state index is 13.9. The first kappa shape index (κ1) is 19.5. The summed E-state index contributed by atoms with van der Waals surface area (Å²) in [6.07, 6.45) is 5.30. The van der Waals surface area contributed by atoms with E-state index in [0.29, 0.717) is 17.8 Å². The third kappa shape index (κ3) is 2.92. The zero-order chi connectivity index (χ0) is 21.0. The lowest BCUT2D eigenvalue weighted by molar-refractivity contribution is -0.0115. The number of nitrogens with one attached hydrogen (secondary N) is 1. The Hall–Kier alpha value is -2.47. The van der Waals surface area contributed by atoms with Crippen molar-refractivity contribution in [2.24, 2.45) is 5.41 Å². The van der Waals surface area contributed by atoms with Gasteiger partial charge in [-0.3, -0.25) is 9.69 Å². The van der Waals surface area contributed by atoms with Crippen LogP contribution in [0.4, 0.5) is 0 Å². The first-order valence-corrected chi connectivity index (χ1v) is 11.0. The minimum atomic E-state index is -0.456. The van der Waals surface area contributed by atoms with Gasteiger partial charge in [0.2, 0.25) is 0 Å². The predicted octanol–water partition coefficient (Wildman–Crippen LogP) is 2.78. The number of fused-ring (bicyclic) bond motifs is 1. The van der Waals surface area contributed by atoms with E-state index in [1.807, 2.05) is 6.07 Å². The number of hydrogen-bond donors (Lipinski definition) is 1. The number of hydrogen-bond acceptors (Lipinski definition) is 4. The van der Waals surface area contributed by atoms with E-state index in [4.69, 9.17) is 0 Å². The molecular formula is C24H30N4O2. The van der Waals surface area contributed by atoms with E-state index in [1.165, 1.54) is 12.0 Å². The quantitative estimate of drug-likeness (QED) is 0.851. The van der Waals surface area contributed by atoms with Crippen LogP contribution in [0.1, 0.15) is 54.4 Å². The van der Waals surface area contributed by atoms with Gasteiger partial charge in [0.15, 0.2) is 0 Å². The van der Waals surface area contributed by atoms with Gasteiger partial charge in [-0.2, -0.15) is 4.98 Å². The van der Waals surface area contributed by atoms with Crippen LogP contribution in [-0.2, 0) is 6.42 Å². The summed E-state index contributed by atoms with van der Waals surface area (Å²) in [5.41, 5.74) is 1.82. The standard InChI is InChI=1S/C24H30N4O2/c1-15-12-17(26-23(30)25-15)22(29)28-18(13-16-8-5-4-6-9-16)19-14-24(2)20(27(19)3)10-7-11-21(24)28/h4-6,8-9,12,18-21H,7,10-11,13-14H2,1-3H3,(H,25,26,30)/t18-,19+,20+,21-,24+/m1/s1. The maximum Gasteiger partial charge on any atom is 0.345 e. The molecule has 1 aromatic carbocycles. The van der Waals surface area contributed by atoms with Crippen LogP contribution in [0.15, 0.2) is 41.2 Å². The maximum atomic E-state index is 13.9. The number of carbonyl (C=O) groups excluding carboxylic acids is 1. The van der Waals surface area contributed by atoms with Gasteiger partial charge in [0.1, 0.15) is 5.69 Å². The van der Waals surface area contributed by atoms with Crippen LogP contribution >= 0.6 is 0 Å². The van der Waals surface area contributed by atoms with Crippen LogP contribution < -0.4 is 5.69 Å². The molecule has 2 aromatic rings. The third-order valence-corrected chi connectivity index (χ3v) is 7.90. The van der Waals surface area contributed by atoms with Crippen molar-refractivity contribution < 1.29 is 4.79 Å². The number of benzene rings is 1. The molecular weight excluding hydrogens is 376 g/mol. The number of nitrogens with zero attached hydrogens (tertiary/aromatic N) is 3. The molecule has 1 aliphatic carbocycles. The van der Waals surface area contributed by atoms with Crippen LogP contribution in [-0.4, -0.2) is 56.9 Å². The average molecular weight is 407 g/mol. The molecule has 3 fully saturated rings. The van der Waals surface area contributed by atoms with E-state index in [0.717, 1.165) is 25.7 Å². The number of rotatable bonds is 3. The lowest BCUT2D eigenvalue weighted by Gasteiger charge is -2.53. The number of aromatic amines is 1. The van der Waals surface area contributed by atoms with E-state index in [9.17, 15) is 9.59 Å². The van der Waals surface area contributed by atoms with E-state index >= 15 is 0 Å². The number of aryl methyl sites for hydroxylation is 1. The SMILES string of the molecule is Cc1cc(C(=O)N2[C@H](Cc3ccccc3)[C@@H]3C[C@@]4(C)[C@H](CCC[C@@H]24)N3C)nc(=O)[nH]1. The second-order valence-corrected chi connectivity index (χ2v) is 9.63. The molecule has 0 spiro atoms. The average Bonchev–Trinajstić information content (AvgIpc) is 2.98. The molecule has 1 amide bonds. The van der Waals surface area contributed by atoms with Crippen molar-refractivity contribution in [2.75, 3.05) is 7.05 Å². The molecule has 6 nitrogen and oxygen atoms in total. The summed E-state index contributed by atoms with van der Waals surface area (Å²) in [6.45, 7) is 4.17. The van der Waals surface area contributed by atoms with Gasteiger partial charge in [-0.05, 0) is 57.7 Å². The van der Waals surface area contributed by atoms with Gasteiger partial charge >= 0.3 is 5.69 Å². The summed E-state index contributed by atoms with van der Waals surface area (Å²) in [7, 11) is 2.24. The number of H-pyrrole nitrogens is 1. The Kier molecular flexibility index (Phi) is 4.58. The highest BCUT2D eigenvalue weighted by molar-refractivity contribution is 5.93. The van der Waals surface area contributed by atoms with Gasteiger partial charge in [-0.1, -0.05) is 37.3 Å². The Bertz CT molecular complexity index is 1020. The van der Waals surface area contributed by atoms with Gasteiger partial charge in [-0.25, -0.2) is 4.79 Å². The van der Waals surface area contributed by atoms with Crippen LogP contribution in [0.3, 0.4) is 0 Å². The van der Waals surface area contributed by atoms with Crippen molar-refractivity contribution in [3.05, 3.63) is 63.8 Å². The fraction of sp³-hybridized carbons (Fsp3) is 0.542. The van der Waals surface area contributed by atoms with Gasteiger partial charge in [0, 0.05) is 29.2 Å². The van der Waals surface area contributed by atoms with Crippen LogP contribution in [0.25, 0.3) is 0 Å². The van der Waals surface area contributed by atoms with Crippen molar-refractivity contribution >= 4 is 5.91 Å². The zero-order valence-corrected chi connectivity index (χ0v) is 18.0. The summed E-state index contributed by atoms with van der Waals surface area (Å²) >= 11 is 0. The first-order chi connectivity index (χ1) is 14.4. The molecule has 2 saturated heterocycles. The number of likely N-dealkylation sites (N-methyl/N-ethyl adjacent to an activating group) is 1. The summed E-state index contributed by atoms with van der Waals surface area (Å²) in [6, 6.07) is 13.2. The zero-order valence-electron chi connectivity index (χ0n) is 18.0. The van der Waals surface area contributed by atoms with Gasteiger partial charge in [-0.15, -0.1) is 0 Å². The molecule has 2 aliphatic heterocycles. The van der Waals surface area contributed by atoms with Crippen molar-refractivity contribution in [3.8, 4) is 0 Å². The Morgan fingerprint density at radius 3 is 2.70 bits per heavy atom. The Labute approximate surface area is 177 Å². The second-order valence-electron chi connectivity index (χ2n) is 9.63. The van der Waals surface area contributed by atoms with Gasteiger partial charge in [0.25, 0.3) is 5.91 Å². The monoisotopic (exact) mass is 406 g/mol. The fourth-order valence-electron chi connectivity index (χ4n) is 6.64. The van der Waals surface area contributed by atoms with Crippen molar-refractivity contribution in [1.29, 1.82) is 0 Å². The fourth-order valence-corrected chi connectivity index (χ4v) is 6.64. The van der Waals surface area contributed by atoms with Crippen molar-refractivity contribution in [3.63, 3.8) is 0 Å². The first-order valence-electron chi connectivity index (χ1n) is 11.0. The van der Waals surface area contributed by atoms with E-state index in [1.54, 1.807) is 13.0 Å². The molecule has 1 saturated carbocycles. The minimum Gasteiger partial charge on any atom is -0.329 e. The molecule has 158 valence electrons. The summed E-state index contributed by atoms with van der Waals surface area (Å²) in [5, 5.41) is 0. The molecule has 3 heterocycles. The number of aromatic nitrogens is 2. The van der Waals surface area contributed by atoms with E-state index in [2.05, 4.69) is 58.0 Å². The lowest BCUT2D eigenvalue weighted by Crippen LogP contribution is -2.62. The highest BCUT2D eigenvalue weighted by Gasteiger charge is 2.62. The van der Waals surface area contributed by atoms with E-state index in [-0.39, 0.29) is 29.1 Å². The number of likely N-dealkylation sites (tertiary alicyclic amines) is 2. The highest BCUT2D eigenvalue weighted by Crippen LogP contribution is 2.56. The molecule has 5 atom stereocenters. The molecule has 6 heteroatoms. The van der Waals surface area contributed by atoms with Gasteiger partial charge < -0.3 is 9.88 Å². The summed E-state index contributed by atoms with van der Waals surface area (Å²) in [5.74, 6) is -0.0954. The van der Waals surface area contributed by atoms with Crippen LogP contribution in [0, 0.1) is 12.3 Å². The normalized spacial score (nSPS) is 33.0. The number of carbonyl (C=O) groups is 1. The van der Waals surface area contributed by atoms with E-state index < -0.39 is 5.69 Å². The molecule has 0 unspecified atom stereocenters. The Morgan fingerprint density at radius 1 is 1.23 bits per heavy atom. The third-order valence-electron chi connectivity index (χ3n) is 7.90. The van der Waals surface area contributed by atoms with Crippen LogP contribution in [0.5, 0.6) is 0 Å². The second kappa shape index (κ2) is 7.05. The Balaban J connectivity index is 1.60. The number of piperidine rings is 1. The topological polar surface area (TPSA) is 69.3 Å². The molecule has 3 aliphatic rings. The Morgan fingerprint density at radius 2 is 1.97 bits per heavy atom. The predicted molar refractivity (Wildman–Crippen MR) is 115 cm³/mol. The molecule has 5 rings (SSSR count). The molecule has 30 heavy (non-hydrogen) atoms. The smallest absolute Gasteiger partial charge is 0.329 e. The molecule has 1 N–H and O–H groups in total. The van der Waals surface area contributed by atoms with Crippen LogP contribution in [0.2, 0.25) is 0 Å². The largest absolute Gasteiger partial charge is 0.345 e. The molecule has 0 radical (unpaired) electrons. The minimum absolute atomic E-state index is 0.0764. The lowest BCUT2D eigenvalue weighted by atomic mass is 9.64. The van der Waals surface area contributed by atoms with Crippen molar-refractivity contribution in [2.45, 2.75) is 70.1 Å². The molecule has 1 aromatic heterocycles. The molecule has 2 bridgehead atoms. The van der Waals surface area contributed by atoms with Crippen molar-refractivity contribution in [1.82, 2.24) is 19.8 Å². The highest BCUT2D eigenvalue weighted by atomic mass is 16.2. The van der Waals surface area contributed by atoms with Gasteiger partial charge in [0.05, 0.1) is 6.04 Å². The summed E-state index contributed by atoms with van der Waals surface area (Å²) in [4.78, 5) is 37.2.